The number of amides is 1. The van der Waals surface area contributed by atoms with E-state index in [4.69, 9.17) is 4.74 Å². The number of carbonyl (C=O) groups is 1. The van der Waals surface area contributed by atoms with Crippen molar-refractivity contribution >= 4 is 22.4 Å². The second kappa shape index (κ2) is 8.24. The molecule has 0 spiro atoms. The molecule has 24 heavy (non-hydrogen) atoms. The molecular formula is C18H23N3O2S. The summed E-state index contributed by atoms with van der Waals surface area (Å²) in [6, 6.07) is 8.16. The zero-order valence-electron chi connectivity index (χ0n) is 14.0. The normalized spacial score (nSPS) is 15.2. The van der Waals surface area contributed by atoms with Crippen LogP contribution in [0.15, 0.2) is 24.3 Å². The maximum atomic E-state index is 11.9. The lowest BCUT2D eigenvalue weighted by atomic mass is 9.84. The molecule has 0 unspecified atom stereocenters. The van der Waals surface area contributed by atoms with E-state index in [1.165, 1.54) is 49.0 Å². The van der Waals surface area contributed by atoms with Gasteiger partial charge in [-0.15, -0.1) is 10.2 Å². The Kier molecular flexibility index (Phi) is 5.80. The number of hydrogen-bond acceptors (Lipinski definition) is 5. The first-order valence-electron chi connectivity index (χ1n) is 8.59. The molecule has 1 N–H and O–H groups in total. The van der Waals surface area contributed by atoms with Gasteiger partial charge in [0.05, 0.1) is 0 Å². The summed E-state index contributed by atoms with van der Waals surface area (Å²) in [6.07, 6.45) is 7.40. The Balaban J connectivity index is 1.48. The summed E-state index contributed by atoms with van der Waals surface area (Å²) in [4.78, 5) is 11.9. The van der Waals surface area contributed by atoms with Crippen molar-refractivity contribution in [1.82, 2.24) is 10.2 Å². The number of nitrogens with zero attached hydrogens (tertiary/aromatic N) is 2. The van der Waals surface area contributed by atoms with Gasteiger partial charge in [-0.3, -0.25) is 10.1 Å². The molecule has 1 aliphatic rings. The minimum Gasteiger partial charge on any atom is -0.484 e. The summed E-state index contributed by atoms with van der Waals surface area (Å²) in [7, 11) is 0. The van der Waals surface area contributed by atoms with Crippen LogP contribution in [-0.2, 0) is 11.2 Å². The molecule has 0 bridgehead atoms. The minimum atomic E-state index is -0.217. The van der Waals surface area contributed by atoms with E-state index in [2.05, 4.69) is 27.6 Å². The van der Waals surface area contributed by atoms with Gasteiger partial charge in [0.2, 0.25) is 5.13 Å². The average Bonchev–Trinajstić information content (AvgIpc) is 3.09. The van der Waals surface area contributed by atoms with Gasteiger partial charge in [-0.1, -0.05) is 49.7 Å². The van der Waals surface area contributed by atoms with E-state index >= 15 is 0 Å². The molecule has 1 aliphatic carbocycles. The summed E-state index contributed by atoms with van der Waals surface area (Å²) in [5, 5.41) is 12.0. The van der Waals surface area contributed by atoms with Gasteiger partial charge in [0.25, 0.3) is 5.91 Å². The van der Waals surface area contributed by atoms with Gasteiger partial charge >= 0.3 is 0 Å². The first-order chi connectivity index (χ1) is 11.7. The van der Waals surface area contributed by atoms with Crippen molar-refractivity contribution in [3.8, 4) is 5.75 Å². The molecule has 1 aromatic carbocycles. The molecule has 0 atom stereocenters. The molecule has 1 amide bonds. The Morgan fingerprint density at radius 1 is 1.21 bits per heavy atom. The monoisotopic (exact) mass is 345 g/mol. The fraction of sp³-hybridized carbons (Fsp3) is 0.500. The lowest BCUT2D eigenvalue weighted by molar-refractivity contribution is -0.118. The predicted octanol–water partition coefficient (Wildman–Crippen LogP) is 4.17. The lowest BCUT2D eigenvalue weighted by Gasteiger charge is -2.22. The van der Waals surface area contributed by atoms with Crippen LogP contribution in [0.25, 0.3) is 0 Å². The van der Waals surface area contributed by atoms with E-state index in [9.17, 15) is 4.79 Å². The molecule has 0 saturated heterocycles. The minimum absolute atomic E-state index is 0.0240. The van der Waals surface area contributed by atoms with Crippen molar-refractivity contribution in [2.75, 3.05) is 11.9 Å². The number of hydrogen-bond donors (Lipinski definition) is 1. The van der Waals surface area contributed by atoms with E-state index in [0.29, 0.717) is 11.0 Å². The van der Waals surface area contributed by atoms with Gasteiger partial charge < -0.3 is 4.74 Å². The first-order valence-corrected chi connectivity index (χ1v) is 9.41. The van der Waals surface area contributed by atoms with Crippen LogP contribution in [0.2, 0.25) is 0 Å². The molecular weight excluding hydrogens is 322 g/mol. The molecule has 1 heterocycles. The molecule has 1 aromatic heterocycles. The van der Waals surface area contributed by atoms with Crippen LogP contribution in [0.3, 0.4) is 0 Å². The van der Waals surface area contributed by atoms with Crippen LogP contribution in [0.5, 0.6) is 5.75 Å². The number of ether oxygens (including phenoxy) is 1. The fourth-order valence-corrected chi connectivity index (χ4v) is 3.72. The third kappa shape index (κ3) is 4.54. The summed E-state index contributed by atoms with van der Waals surface area (Å²) in [5.74, 6) is 1.18. The zero-order valence-corrected chi connectivity index (χ0v) is 14.8. The van der Waals surface area contributed by atoms with Gasteiger partial charge in [-0.2, -0.15) is 0 Å². The molecule has 3 rings (SSSR count). The highest BCUT2D eigenvalue weighted by Gasteiger charge is 2.15. The summed E-state index contributed by atoms with van der Waals surface area (Å²) >= 11 is 1.39. The molecule has 5 nitrogen and oxygen atoms in total. The van der Waals surface area contributed by atoms with Crippen LogP contribution < -0.4 is 10.1 Å². The van der Waals surface area contributed by atoms with Crippen molar-refractivity contribution < 1.29 is 9.53 Å². The third-order valence-corrected chi connectivity index (χ3v) is 5.33. The number of aryl methyl sites for hydroxylation is 1. The third-order valence-electron chi connectivity index (χ3n) is 4.34. The van der Waals surface area contributed by atoms with Gasteiger partial charge in [0, 0.05) is 0 Å². The van der Waals surface area contributed by atoms with Crippen molar-refractivity contribution in [3.63, 3.8) is 0 Å². The quantitative estimate of drug-likeness (QED) is 0.853. The molecule has 1 fully saturated rings. The molecule has 6 heteroatoms. The van der Waals surface area contributed by atoms with Crippen LogP contribution in [0, 0.1) is 0 Å². The van der Waals surface area contributed by atoms with Crippen LogP contribution >= 0.6 is 11.3 Å². The Morgan fingerprint density at radius 2 is 1.96 bits per heavy atom. The zero-order chi connectivity index (χ0) is 16.8. The SMILES string of the molecule is CCc1nnc(NC(=O)COc2ccc(C3CCCCC3)cc2)s1. The van der Waals surface area contributed by atoms with Gasteiger partial charge in [-0.25, -0.2) is 0 Å². The molecule has 2 aromatic rings. The second-order valence-corrected chi connectivity index (χ2v) is 7.16. The molecule has 128 valence electrons. The van der Waals surface area contributed by atoms with Crippen LogP contribution in [0.1, 0.15) is 55.5 Å². The first kappa shape index (κ1) is 16.9. The molecule has 0 aliphatic heterocycles. The van der Waals surface area contributed by atoms with E-state index in [1.807, 2.05) is 19.1 Å². The Bertz CT molecular complexity index is 663. The maximum absolute atomic E-state index is 11.9. The number of benzene rings is 1. The summed E-state index contributed by atoms with van der Waals surface area (Å²) in [6.45, 7) is 1.98. The summed E-state index contributed by atoms with van der Waals surface area (Å²) < 4.78 is 5.56. The largest absolute Gasteiger partial charge is 0.484 e. The predicted molar refractivity (Wildman–Crippen MR) is 95.7 cm³/mol. The van der Waals surface area contributed by atoms with E-state index < -0.39 is 0 Å². The number of rotatable bonds is 6. The summed E-state index contributed by atoms with van der Waals surface area (Å²) in [5.41, 5.74) is 1.38. The number of nitrogens with one attached hydrogen (secondary N) is 1. The Hall–Kier alpha value is -1.95. The van der Waals surface area contributed by atoms with Gasteiger partial charge in [-0.05, 0) is 42.9 Å². The van der Waals surface area contributed by atoms with E-state index in [0.717, 1.165) is 17.2 Å². The smallest absolute Gasteiger partial charge is 0.264 e. The second-order valence-electron chi connectivity index (χ2n) is 6.10. The average molecular weight is 345 g/mol. The molecule has 0 radical (unpaired) electrons. The maximum Gasteiger partial charge on any atom is 0.264 e. The van der Waals surface area contributed by atoms with E-state index in [-0.39, 0.29) is 12.5 Å². The molecule has 1 saturated carbocycles. The van der Waals surface area contributed by atoms with E-state index in [1.54, 1.807) is 0 Å². The van der Waals surface area contributed by atoms with Crippen molar-refractivity contribution in [2.45, 2.75) is 51.4 Å². The standard InChI is InChI=1S/C18H23N3O2S/c1-2-17-20-21-18(24-17)19-16(22)12-23-15-10-8-14(9-11-15)13-6-4-3-5-7-13/h8-11,13H,2-7,12H2,1H3,(H,19,21,22). The van der Waals surface area contributed by atoms with Crippen LogP contribution in [-0.4, -0.2) is 22.7 Å². The topological polar surface area (TPSA) is 64.1 Å². The van der Waals surface area contributed by atoms with Crippen molar-refractivity contribution in [2.24, 2.45) is 0 Å². The highest BCUT2D eigenvalue weighted by molar-refractivity contribution is 7.15. The Morgan fingerprint density at radius 3 is 2.62 bits per heavy atom. The van der Waals surface area contributed by atoms with Crippen LogP contribution in [0.4, 0.5) is 5.13 Å². The highest BCUT2D eigenvalue weighted by atomic mass is 32.1. The highest BCUT2D eigenvalue weighted by Crippen LogP contribution is 2.33. The van der Waals surface area contributed by atoms with Crippen molar-refractivity contribution in [3.05, 3.63) is 34.8 Å². The fourth-order valence-electron chi connectivity index (χ4n) is 3.02. The van der Waals surface area contributed by atoms with Crippen molar-refractivity contribution in [1.29, 1.82) is 0 Å². The Labute approximate surface area is 146 Å². The number of aromatic nitrogens is 2. The number of anilines is 1. The van der Waals surface area contributed by atoms with Gasteiger partial charge in [0.15, 0.2) is 6.61 Å². The number of carbonyl (C=O) groups excluding carboxylic acids is 1. The lowest BCUT2D eigenvalue weighted by Crippen LogP contribution is -2.20. The van der Waals surface area contributed by atoms with Gasteiger partial charge in [0.1, 0.15) is 10.8 Å².